The highest BCUT2D eigenvalue weighted by Gasteiger charge is 2.50. The van der Waals surface area contributed by atoms with Gasteiger partial charge in [0, 0.05) is 18.6 Å². The van der Waals surface area contributed by atoms with Crippen LogP contribution in [0.15, 0.2) is 36.4 Å². The van der Waals surface area contributed by atoms with Crippen LogP contribution in [-0.4, -0.2) is 126 Å². The topological polar surface area (TPSA) is 245 Å². The van der Waals surface area contributed by atoms with Crippen molar-refractivity contribution in [3.8, 4) is 23.0 Å². The molecule has 5 unspecified atom stereocenters. The monoisotopic (exact) mass is 596 g/mol. The number of phenolic OH excluding ortho intramolecular Hbond substituents is 1. The number of ketones is 1. The molecule has 2 saturated heterocycles. The van der Waals surface area contributed by atoms with E-state index in [1.54, 1.807) is 0 Å². The third kappa shape index (κ3) is 5.51. The summed E-state index contributed by atoms with van der Waals surface area (Å²) < 4.78 is 27.4. The highest BCUT2D eigenvalue weighted by Crippen LogP contribution is 2.44. The molecular formula is C27H32O15. The zero-order valence-electron chi connectivity index (χ0n) is 22.1. The number of ether oxygens (including phenoxy) is 5. The van der Waals surface area contributed by atoms with Crippen LogP contribution in [0, 0.1) is 0 Å². The highest BCUT2D eigenvalue weighted by molar-refractivity contribution is 6.09. The van der Waals surface area contributed by atoms with Crippen molar-refractivity contribution in [2.24, 2.45) is 0 Å². The van der Waals surface area contributed by atoms with Crippen molar-refractivity contribution in [2.45, 2.75) is 80.5 Å². The van der Waals surface area contributed by atoms with Gasteiger partial charge >= 0.3 is 0 Å². The standard InChI is InChI=1S/C27H32O15/c1-10-18(30)20(32)22(34)25(38-10)39-13-4-2-11(3-5-13)8-27(37)24(36)17-14(6-12(29)7-15(17)42-27)40-26-23(35)21(33)19(31)16(9-28)41-26/h2-7,10,16,18-23,25-26,28-35,37H,8-9H2,1H3/t10?,16?,18-,19+,20?,21-,22-,23?,25-,26+,27?/m0/s1. The van der Waals surface area contributed by atoms with Crippen molar-refractivity contribution >= 4 is 5.78 Å². The van der Waals surface area contributed by atoms with Gasteiger partial charge < -0.3 is 69.6 Å². The molecule has 0 bridgehead atoms. The Morgan fingerprint density at radius 1 is 0.833 bits per heavy atom. The number of carbonyl (C=O) groups excluding carboxylic acids is 1. The first-order valence-corrected chi connectivity index (χ1v) is 13.1. The smallest absolute Gasteiger partial charge is 0.277 e. The van der Waals surface area contributed by atoms with E-state index < -0.39 is 85.3 Å². The Morgan fingerprint density at radius 2 is 1.45 bits per heavy atom. The number of aliphatic hydroxyl groups excluding tert-OH is 7. The number of carbonyl (C=O) groups is 1. The summed E-state index contributed by atoms with van der Waals surface area (Å²) in [6.45, 7) is 0.795. The summed E-state index contributed by atoms with van der Waals surface area (Å²) in [5.41, 5.74) is 0.117. The maximum absolute atomic E-state index is 13.4. The fourth-order valence-electron chi connectivity index (χ4n) is 5.01. The number of aliphatic hydroxyl groups is 8. The molecule has 0 radical (unpaired) electrons. The Hall–Kier alpha value is -3.09. The molecule has 230 valence electrons. The summed E-state index contributed by atoms with van der Waals surface area (Å²) >= 11 is 0. The van der Waals surface area contributed by atoms with Gasteiger partial charge in [-0.1, -0.05) is 12.1 Å². The van der Waals surface area contributed by atoms with Crippen LogP contribution in [0.3, 0.4) is 0 Å². The van der Waals surface area contributed by atoms with Crippen LogP contribution in [0.2, 0.25) is 0 Å². The van der Waals surface area contributed by atoms with Gasteiger partial charge in [0.05, 0.1) is 12.7 Å². The lowest BCUT2D eigenvalue weighted by molar-refractivity contribution is -0.277. The first kappa shape index (κ1) is 30.4. The molecule has 2 aromatic carbocycles. The fraction of sp³-hybridized carbons (Fsp3) is 0.519. The number of rotatable bonds is 7. The van der Waals surface area contributed by atoms with Gasteiger partial charge in [0.2, 0.25) is 18.4 Å². The third-order valence-corrected chi connectivity index (χ3v) is 7.43. The number of hydrogen-bond donors (Lipinski definition) is 9. The van der Waals surface area contributed by atoms with E-state index in [1.807, 2.05) is 0 Å². The number of benzene rings is 2. The van der Waals surface area contributed by atoms with E-state index in [4.69, 9.17) is 23.7 Å². The Bertz CT molecular complexity index is 1290. The third-order valence-electron chi connectivity index (χ3n) is 7.43. The van der Waals surface area contributed by atoms with Crippen LogP contribution in [-0.2, 0) is 15.9 Å². The molecule has 0 aromatic heterocycles. The molecular weight excluding hydrogens is 564 g/mol. The van der Waals surface area contributed by atoms with Gasteiger partial charge in [0.25, 0.3) is 5.79 Å². The summed E-state index contributed by atoms with van der Waals surface area (Å²) in [6, 6.07) is 8.01. The molecule has 2 aromatic rings. The number of phenols is 1. The first-order chi connectivity index (χ1) is 19.8. The Kier molecular flexibility index (Phi) is 8.34. The summed E-state index contributed by atoms with van der Waals surface area (Å²) in [5, 5.41) is 91.1. The lowest BCUT2D eigenvalue weighted by atomic mass is 9.97. The van der Waals surface area contributed by atoms with Crippen LogP contribution < -0.4 is 14.2 Å². The molecule has 5 rings (SSSR count). The molecule has 42 heavy (non-hydrogen) atoms. The molecule has 0 saturated carbocycles. The van der Waals surface area contributed by atoms with Crippen molar-refractivity contribution in [3.63, 3.8) is 0 Å². The maximum Gasteiger partial charge on any atom is 0.277 e. The molecule has 9 N–H and O–H groups in total. The van der Waals surface area contributed by atoms with E-state index in [0.29, 0.717) is 5.56 Å². The van der Waals surface area contributed by atoms with Crippen LogP contribution in [0.1, 0.15) is 22.8 Å². The minimum absolute atomic E-state index is 0.215. The Balaban J connectivity index is 1.30. The molecule has 0 aliphatic carbocycles. The van der Waals surface area contributed by atoms with Crippen LogP contribution in [0.25, 0.3) is 0 Å². The predicted molar refractivity (Wildman–Crippen MR) is 136 cm³/mol. The second-order valence-electron chi connectivity index (χ2n) is 10.5. The molecule has 3 aliphatic rings. The van der Waals surface area contributed by atoms with E-state index in [1.165, 1.54) is 31.2 Å². The predicted octanol–water partition coefficient (Wildman–Crippen LogP) is -2.72. The van der Waals surface area contributed by atoms with Crippen molar-refractivity contribution in [1.82, 2.24) is 0 Å². The average Bonchev–Trinajstić information content (AvgIpc) is 3.20. The van der Waals surface area contributed by atoms with E-state index in [2.05, 4.69) is 0 Å². The highest BCUT2D eigenvalue weighted by atomic mass is 16.7. The molecule has 0 spiro atoms. The zero-order chi connectivity index (χ0) is 30.5. The van der Waals surface area contributed by atoms with Gasteiger partial charge in [-0.2, -0.15) is 0 Å². The van der Waals surface area contributed by atoms with Gasteiger partial charge in [-0.25, -0.2) is 0 Å². The minimum Gasteiger partial charge on any atom is -0.508 e. The summed E-state index contributed by atoms with van der Waals surface area (Å²) in [7, 11) is 0. The second-order valence-corrected chi connectivity index (χ2v) is 10.5. The van der Waals surface area contributed by atoms with E-state index in [-0.39, 0.29) is 29.2 Å². The molecule has 11 atom stereocenters. The van der Waals surface area contributed by atoms with Crippen molar-refractivity contribution < 1.29 is 74.4 Å². The first-order valence-electron chi connectivity index (χ1n) is 13.1. The maximum atomic E-state index is 13.4. The number of aromatic hydroxyl groups is 1. The minimum atomic E-state index is -2.44. The van der Waals surface area contributed by atoms with Gasteiger partial charge in [-0.15, -0.1) is 0 Å². The molecule has 3 heterocycles. The SMILES string of the molecule is CC1O[C@@H](Oc2ccc(CC3(O)Oc4cc(O)cc(O[C@@H]5OC(CO)[C@@H](O)[C@H](O)C5O)c4C3=O)cc2)[C@@H](O)C(O)[C@H]1O. The summed E-state index contributed by atoms with van der Waals surface area (Å²) in [6.07, 6.45) is -14.9. The Labute approximate surface area is 238 Å². The van der Waals surface area contributed by atoms with Gasteiger partial charge in [0.15, 0.2) is 0 Å². The number of fused-ring (bicyclic) bond motifs is 1. The number of Topliss-reactive ketones (excluding diaryl/α,β-unsaturated/α-hetero) is 1. The zero-order valence-corrected chi connectivity index (χ0v) is 22.1. The van der Waals surface area contributed by atoms with E-state index in [0.717, 1.165) is 12.1 Å². The molecule has 3 aliphatic heterocycles. The summed E-state index contributed by atoms with van der Waals surface area (Å²) in [4.78, 5) is 13.4. The van der Waals surface area contributed by atoms with Gasteiger partial charge in [-0.3, -0.25) is 4.79 Å². The summed E-state index contributed by atoms with van der Waals surface area (Å²) in [5.74, 6) is -4.19. The number of hydrogen-bond acceptors (Lipinski definition) is 15. The second kappa shape index (κ2) is 11.5. The normalized spacial score (nSPS) is 38.1. The van der Waals surface area contributed by atoms with Gasteiger partial charge in [0.1, 0.15) is 71.3 Å². The molecule has 0 amide bonds. The van der Waals surface area contributed by atoms with Crippen LogP contribution in [0.5, 0.6) is 23.0 Å². The van der Waals surface area contributed by atoms with Crippen molar-refractivity contribution in [1.29, 1.82) is 0 Å². The van der Waals surface area contributed by atoms with E-state index in [9.17, 15) is 50.8 Å². The quantitative estimate of drug-likeness (QED) is 0.158. The van der Waals surface area contributed by atoms with Crippen molar-refractivity contribution in [2.75, 3.05) is 6.61 Å². The van der Waals surface area contributed by atoms with Gasteiger partial charge in [-0.05, 0) is 24.6 Å². The van der Waals surface area contributed by atoms with Crippen LogP contribution >= 0.6 is 0 Å². The largest absolute Gasteiger partial charge is 0.508 e. The van der Waals surface area contributed by atoms with Crippen molar-refractivity contribution in [3.05, 3.63) is 47.5 Å². The Morgan fingerprint density at radius 3 is 2.10 bits per heavy atom. The average molecular weight is 597 g/mol. The molecule has 15 nitrogen and oxygen atoms in total. The fourth-order valence-corrected chi connectivity index (χ4v) is 5.01. The van der Waals surface area contributed by atoms with E-state index >= 15 is 0 Å². The lowest BCUT2D eigenvalue weighted by Gasteiger charge is -2.39. The lowest BCUT2D eigenvalue weighted by Crippen LogP contribution is -2.60. The molecule has 2 fully saturated rings. The molecule has 15 heteroatoms. The van der Waals surface area contributed by atoms with Crippen LogP contribution in [0.4, 0.5) is 0 Å².